The van der Waals surface area contributed by atoms with Crippen molar-refractivity contribution in [1.29, 1.82) is 0 Å². The summed E-state index contributed by atoms with van der Waals surface area (Å²) in [7, 11) is 0. The van der Waals surface area contributed by atoms with E-state index in [0.717, 1.165) is 0 Å². The number of anilines is 1. The quantitative estimate of drug-likeness (QED) is 0.187. The molecule has 0 radical (unpaired) electrons. The predicted octanol–water partition coefficient (Wildman–Crippen LogP) is 2.11. The molecule has 0 aromatic heterocycles. The molecule has 1 amide bonds. The Morgan fingerprint density at radius 2 is 1.67 bits per heavy atom. The number of carbonyl (C=O) groups is 1. The van der Waals surface area contributed by atoms with Gasteiger partial charge in [-0.3, -0.25) is 9.52 Å². The smallest absolute Gasteiger partial charge is 0.246 e. The summed E-state index contributed by atoms with van der Waals surface area (Å²) in [5.74, 6) is -6.81. The Bertz CT molecular complexity index is 551. The monoisotopic (exact) mass is 323 g/mol. The third kappa shape index (κ3) is 4.11. The van der Waals surface area contributed by atoms with Crippen LogP contribution in [-0.2, 0) is 4.79 Å². The van der Waals surface area contributed by atoms with Crippen molar-refractivity contribution in [2.75, 3.05) is 18.8 Å². The Hall–Kier alpha value is -1.74. The van der Waals surface area contributed by atoms with Crippen LogP contribution in [0.1, 0.15) is 6.92 Å². The van der Waals surface area contributed by atoms with Crippen LogP contribution in [0.5, 0.6) is 0 Å². The summed E-state index contributed by atoms with van der Waals surface area (Å²) >= 11 is 0.361. The lowest BCUT2D eigenvalue weighted by atomic mass is 10.2. The molecule has 4 N–H and O–H groups in total. The molecule has 1 aromatic carbocycles. The van der Waals surface area contributed by atoms with E-state index in [1.807, 2.05) is 0 Å². The fraction of sp³-hybridized carbons (Fsp3) is 0.250. The number of benzene rings is 1. The SMILES string of the molecule is C=C(C)C(=O)NCCNSc1c(F)c(F)c(N)c(F)c1F. The van der Waals surface area contributed by atoms with Gasteiger partial charge in [-0.1, -0.05) is 6.58 Å². The molecule has 0 saturated heterocycles. The van der Waals surface area contributed by atoms with Gasteiger partial charge < -0.3 is 11.1 Å². The minimum Gasteiger partial charge on any atom is -0.394 e. The summed E-state index contributed by atoms with van der Waals surface area (Å²) in [6.07, 6.45) is 0. The summed E-state index contributed by atoms with van der Waals surface area (Å²) in [5, 5.41) is 2.46. The summed E-state index contributed by atoms with van der Waals surface area (Å²) in [5.41, 5.74) is 3.98. The van der Waals surface area contributed by atoms with Crippen molar-refractivity contribution < 1.29 is 22.4 Å². The molecule has 0 atom stereocenters. The normalized spacial score (nSPS) is 10.5. The number of nitrogens with two attached hydrogens (primary N) is 1. The number of nitrogen functional groups attached to an aromatic ring is 1. The second-order valence-electron chi connectivity index (χ2n) is 4.03. The molecule has 1 rings (SSSR count). The van der Waals surface area contributed by atoms with E-state index in [1.54, 1.807) is 0 Å². The van der Waals surface area contributed by atoms with Crippen LogP contribution in [0.25, 0.3) is 0 Å². The van der Waals surface area contributed by atoms with Gasteiger partial charge in [-0.05, 0) is 18.9 Å². The summed E-state index contributed by atoms with van der Waals surface area (Å²) < 4.78 is 55.7. The Kier molecular flexibility index (Phi) is 6.03. The molecule has 0 bridgehead atoms. The highest BCUT2D eigenvalue weighted by Gasteiger charge is 2.24. The maximum absolute atomic E-state index is 13.4. The number of carbonyl (C=O) groups excluding carboxylic acids is 1. The topological polar surface area (TPSA) is 67.2 Å². The largest absolute Gasteiger partial charge is 0.394 e. The fourth-order valence-corrected chi connectivity index (χ4v) is 1.93. The van der Waals surface area contributed by atoms with Gasteiger partial charge in [-0.2, -0.15) is 0 Å². The van der Waals surface area contributed by atoms with E-state index in [4.69, 9.17) is 5.73 Å². The van der Waals surface area contributed by atoms with E-state index < -0.39 is 33.9 Å². The van der Waals surface area contributed by atoms with Crippen molar-refractivity contribution in [2.45, 2.75) is 11.8 Å². The molecule has 116 valence electrons. The molecule has 0 heterocycles. The summed E-state index contributed by atoms with van der Waals surface area (Å²) in [4.78, 5) is 10.3. The van der Waals surface area contributed by atoms with E-state index in [9.17, 15) is 22.4 Å². The molecule has 0 spiro atoms. The minimum absolute atomic E-state index is 0.107. The van der Waals surface area contributed by atoms with Gasteiger partial charge >= 0.3 is 0 Å². The zero-order valence-corrected chi connectivity index (χ0v) is 11.8. The van der Waals surface area contributed by atoms with E-state index in [-0.39, 0.29) is 19.0 Å². The molecule has 9 heteroatoms. The van der Waals surface area contributed by atoms with Crippen molar-refractivity contribution in [2.24, 2.45) is 0 Å². The molecule has 4 nitrogen and oxygen atoms in total. The number of hydrogen-bond acceptors (Lipinski definition) is 4. The molecule has 0 saturated carbocycles. The molecule has 0 aliphatic heterocycles. The highest BCUT2D eigenvalue weighted by atomic mass is 32.2. The maximum Gasteiger partial charge on any atom is 0.246 e. The molecule has 0 aliphatic carbocycles. The van der Waals surface area contributed by atoms with Crippen molar-refractivity contribution in [1.82, 2.24) is 10.0 Å². The van der Waals surface area contributed by atoms with Crippen molar-refractivity contribution >= 4 is 23.5 Å². The Balaban J connectivity index is 2.61. The van der Waals surface area contributed by atoms with Gasteiger partial charge in [0.05, 0.1) is 0 Å². The molecule has 1 aromatic rings. The highest BCUT2D eigenvalue weighted by Crippen LogP contribution is 2.31. The Labute approximate surface area is 122 Å². The zero-order valence-electron chi connectivity index (χ0n) is 11.0. The molecule has 0 fully saturated rings. The summed E-state index contributed by atoms with van der Waals surface area (Å²) in [6, 6.07) is 0. The third-order valence-electron chi connectivity index (χ3n) is 2.33. The first-order valence-corrected chi connectivity index (χ1v) is 6.53. The van der Waals surface area contributed by atoms with Gasteiger partial charge in [-0.25, -0.2) is 17.6 Å². The molecule has 21 heavy (non-hydrogen) atoms. The summed E-state index contributed by atoms with van der Waals surface area (Å²) in [6.45, 7) is 5.18. The van der Waals surface area contributed by atoms with Crippen LogP contribution in [0.15, 0.2) is 17.0 Å². The first-order chi connectivity index (χ1) is 9.77. The number of amides is 1. The molecular formula is C12H13F4N3OS. The van der Waals surface area contributed by atoms with Crippen molar-refractivity contribution in [3.8, 4) is 0 Å². The average molecular weight is 323 g/mol. The first-order valence-electron chi connectivity index (χ1n) is 5.72. The molecule has 0 aliphatic rings. The maximum atomic E-state index is 13.4. The van der Waals surface area contributed by atoms with Crippen molar-refractivity contribution in [3.05, 3.63) is 35.4 Å². The van der Waals surface area contributed by atoms with Gasteiger partial charge in [0.2, 0.25) is 5.91 Å². The first kappa shape index (κ1) is 17.3. The van der Waals surface area contributed by atoms with Crippen LogP contribution in [0.3, 0.4) is 0 Å². The van der Waals surface area contributed by atoms with Gasteiger partial charge in [0.25, 0.3) is 0 Å². The zero-order chi connectivity index (χ0) is 16.2. The van der Waals surface area contributed by atoms with Gasteiger partial charge in [0.15, 0.2) is 23.3 Å². The van der Waals surface area contributed by atoms with Gasteiger partial charge in [-0.15, -0.1) is 0 Å². The molecular weight excluding hydrogens is 310 g/mol. The number of rotatable bonds is 6. The second-order valence-corrected chi connectivity index (χ2v) is 4.93. The second kappa shape index (κ2) is 7.32. The van der Waals surface area contributed by atoms with Crippen LogP contribution < -0.4 is 15.8 Å². The fourth-order valence-electron chi connectivity index (χ4n) is 1.22. The van der Waals surface area contributed by atoms with E-state index >= 15 is 0 Å². The molecule has 0 unspecified atom stereocenters. The lowest BCUT2D eigenvalue weighted by molar-refractivity contribution is -0.117. The van der Waals surface area contributed by atoms with Crippen LogP contribution >= 0.6 is 11.9 Å². The number of halogens is 4. The van der Waals surface area contributed by atoms with Gasteiger partial charge in [0.1, 0.15) is 10.6 Å². The van der Waals surface area contributed by atoms with Crippen LogP contribution in [0, 0.1) is 23.3 Å². The lowest BCUT2D eigenvalue weighted by Crippen LogP contribution is -2.30. The highest BCUT2D eigenvalue weighted by molar-refractivity contribution is 7.97. The van der Waals surface area contributed by atoms with E-state index in [0.29, 0.717) is 17.5 Å². The number of hydrogen-bond donors (Lipinski definition) is 3. The predicted molar refractivity (Wildman–Crippen MR) is 72.4 cm³/mol. The van der Waals surface area contributed by atoms with E-state index in [1.165, 1.54) is 6.92 Å². The minimum atomic E-state index is -1.64. The van der Waals surface area contributed by atoms with Crippen LogP contribution in [0.2, 0.25) is 0 Å². The van der Waals surface area contributed by atoms with Crippen LogP contribution in [-0.4, -0.2) is 19.0 Å². The lowest BCUT2D eigenvalue weighted by Gasteiger charge is -2.10. The van der Waals surface area contributed by atoms with E-state index in [2.05, 4.69) is 16.6 Å². The number of nitrogens with one attached hydrogen (secondary N) is 2. The van der Waals surface area contributed by atoms with Crippen LogP contribution in [0.4, 0.5) is 23.2 Å². The standard InChI is InChI=1S/C12H13F4N3OS/c1-5(2)12(20)18-3-4-19-21-11-8(15)6(13)10(17)7(14)9(11)16/h19H,1,3-4,17H2,2H3,(H,18,20). The Morgan fingerprint density at radius 3 is 2.14 bits per heavy atom. The van der Waals surface area contributed by atoms with Crippen molar-refractivity contribution in [3.63, 3.8) is 0 Å². The Morgan fingerprint density at radius 1 is 1.14 bits per heavy atom. The average Bonchev–Trinajstić information content (AvgIpc) is 2.45. The van der Waals surface area contributed by atoms with Gasteiger partial charge in [0, 0.05) is 18.7 Å². The third-order valence-corrected chi connectivity index (χ3v) is 3.24.